The van der Waals surface area contributed by atoms with Gasteiger partial charge in [-0.3, -0.25) is 4.79 Å². The summed E-state index contributed by atoms with van der Waals surface area (Å²) in [7, 11) is 0. The number of ether oxygens (including phenoxy) is 1. The molecule has 3 heterocycles. The van der Waals surface area contributed by atoms with Crippen molar-refractivity contribution in [1.29, 1.82) is 0 Å². The average molecular weight is 423 g/mol. The maximum Gasteiger partial charge on any atom is 0.231 e. The van der Waals surface area contributed by atoms with Crippen LogP contribution in [-0.4, -0.2) is 27.3 Å². The molecule has 6 nitrogen and oxygen atoms in total. The molecular weight excluding hydrogens is 400 g/mol. The molecule has 2 aliphatic heterocycles. The molecule has 1 amide bonds. The second kappa shape index (κ2) is 8.11. The van der Waals surface area contributed by atoms with Crippen LogP contribution in [0.3, 0.4) is 0 Å². The first-order valence-electron chi connectivity index (χ1n) is 10.4. The lowest BCUT2D eigenvalue weighted by Crippen LogP contribution is -2.32. The van der Waals surface area contributed by atoms with E-state index in [-0.39, 0.29) is 11.8 Å². The minimum atomic E-state index is -0.260. The quantitative estimate of drug-likeness (QED) is 0.674. The summed E-state index contributed by atoms with van der Waals surface area (Å²) in [5, 5.41) is 12.5. The van der Waals surface area contributed by atoms with Crippen LogP contribution in [0.1, 0.15) is 30.7 Å². The average Bonchev–Trinajstić information content (AvgIpc) is 3.01. The number of hydrogen-bond acceptors (Lipinski definition) is 4. The molecule has 0 radical (unpaired) electrons. The van der Waals surface area contributed by atoms with Crippen molar-refractivity contribution < 1.29 is 9.53 Å². The van der Waals surface area contributed by atoms with Gasteiger partial charge >= 0.3 is 0 Å². The summed E-state index contributed by atoms with van der Waals surface area (Å²) < 4.78 is 7.98. The lowest BCUT2D eigenvalue weighted by atomic mass is 9.96. The van der Waals surface area contributed by atoms with Gasteiger partial charge in [0.15, 0.2) is 5.82 Å². The van der Waals surface area contributed by atoms with Crippen LogP contribution in [0.2, 0.25) is 5.02 Å². The number of halogens is 1. The molecule has 2 aromatic carbocycles. The predicted molar refractivity (Wildman–Crippen MR) is 116 cm³/mol. The molecule has 0 aliphatic carbocycles. The van der Waals surface area contributed by atoms with Crippen molar-refractivity contribution in [3.8, 4) is 17.1 Å². The summed E-state index contributed by atoms with van der Waals surface area (Å²) >= 11 is 6.09. The smallest absolute Gasteiger partial charge is 0.231 e. The molecule has 5 rings (SSSR count). The molecule has 0 saturated heterocycles. The Balaban J connectivity index is 1.33. The summed E-state index contributed by atoms with van der Waals surface area (Å²) in [4.78, 5) is 12.9. The van der Waals surface area contributed by atoms with E-state index < -0.39 is 0 Å². The zero-order valence-corrected chi connectivity index (χ0v) is 17.4. The van der Waals surface area contributed by atoms with Crippen LogP contribution < -0.4 is 10.1 Å². The third-order valence-electron chi connectivity index (χ3n) is 5.80. The summed E-state index contributed by atoms with van der Waals surface area (Å²) in [6.45, 7) is 1.30. The summed E-state index contributed by atoms with van der Waals surface area (Å²) in [5.41, 5.74) is 2.68. The number of benzene rings is 2. The van der Waals surface area contributed by atoms with Crippen molar-refractivity contribution in [3.63, 3.8) is 0 Å². The van der Waals surface area contributed by atoms with E-state index in [9.17, 15) is 4.79 Å². The van der Waals surface area contributed by atoms with Crippen LogP contribution in [0.15, 0.2) is 42.5 Å². The molecule has 0 bridgehead atoms. The Bertz CT molecular complexity index is 1090. The van der Waals surface area contributed by atoms with Crippen molar-refractivity contribution in [2.45, 2.75) is 38.6 Å². The topological polar surface area (TPSA) is 69.0 Å². The number of amides is 1. The van der Waals surface area contributed by atoms with Gasteiger partial charge < -0.3 is 14.6 Å². The second-order valence-electron chi connectivity index (χ2n) is 7.94. The normalized spacial score (nSPS) is 18.0. The number of carbonyl (C=O) groups is 1. The fraction of sp³-hybridized carbons (Fsp3) is 0.348. The summed E-state index contributed by atoms with van der Waals surface area (Å²) in [6, 6.07) is 13.3. The van der Waals surface area contributed by atoms with E-state index in [1.807, 2.05) is 36.4 Å². The van der Waals surface area contributed by atoms with Crippen molar-refractivity contribution in [2.75, 3.05) is 11.9 Å². The molecule has 3 aromatic rings. The van der Waals surface area contributed by atoms with Gasteiger partial charge in [0.1, 0.15) is 18.2 Å². The Hall–Kier alpha value is -2.86. The standard InChI is InChI=1S/C23H23ClN4O2/c24-18-8-9-20-16(12-18)11-17(14-30-20)23(29)25-19-6-4-5-15(13-19)22-27-26-21-7-2-1-3-10-28(21)22/h4-6,8-9,12-13,17H,1-3,7,10-11,14H2,(H,25,29)/t17-/m0/s1. The molecule has 154 valence electrons. The highest BCUT2D eigenvalue weighted by Crippen LogP contribution is 2.31. The number of hydrogen-bond donors (Lipinski definition) is 1. The highest BCUT2D eigenvalue weighted by atomic mass is 35.5. The molecule has 0 saturated carbocycles. The van der Waals surface area contributed by atoms with Gasteiger partial charge in [0.25, 0.3) is 0 Å². The van der Waals surface area contributed by atoms with Gasteiger partial charge in [-0.1, -0.05) is 30.2 Å². The minimum Gasteiger partial charge on any atom is -0.492 e. The van der Waals surface area contributed by atoms with E-state index in [0.29, 0.717) is 18.1 Å². The van der Waals surface area contributed by atoms with E-state index in [1.165, 1.54) is 6.42 Å². The van der Waals surface area contributed by atoms with Crippen molar-refractivity contribution in [2.24, 2.45) is 5.92 Å². The van der Waals surface area contributed by atoms with Gasteiger partial charge in [0, 0.05) is 29.2 Å². The Morgan fingerprint density at radius 3 is 3.00 bits per heavy atom. The lowest BCUT2D eigenvalue weighted by molar-refractivity contribution is -0.121. The minimum absolute atomic E-state index is 0.0575. The Morgan fingerprint density at radius 2 is 2.07 bits per heavy atom. The number of nitrogens with one attached hydrogen (secondary N) is 1. The van der Waals surface area contributed by atoms with Gasteiger partial charge in [0.2, 0.25) is 5.91 Å². The third kappa shape index (κ3) is 3.79. The Labute approximate surface area is 180 Å². The number of aryl methyl sites for hydroxylation is 1. The number of nitrogens with zero attached hydrogens (tertiary/aromatic N) is 3. The number of aromatic nitrogens is 3. The largest absolute Gasteiger partial charge is 0.492 e. The molecular formula is C23H23ClN4O2. The second-order valence-corrected chi connectivity index (χ2v) is 8.37. The van der Waals surface area contributed by atoms with Crippen LogP contribution >= 0.6 is 11.6 Å². The van der Waals surface area contributed by atoms with Crippen molar-refractivity contribution in [1.82, 2.24) is 14.8 Å². The van der Waals surface area contributed by atoms with Crippen LogP contribution in [0.4, 0.5) is 5.69 Å². The molecule has 2 aliphatic rings. The molecule has 7 heteroatoms. The third-order valence-corrected chi connectivity index (χ3v) is 6.03. The molecule has 1 aromatic heterocycles. The lowest BCUT2D eigenvalue weighted by Gasteiger charge is -2.24. The van der Waals surface area contributed by atoms with Crippen molar-refractivity contribution >= 4 is 23.2 Å². The zero-order chi connectivity index (χ0) is 20.5. The highest BCUT2D eigenvalue weighted by molar-refractivity contribution is 6.30. The Kier molecular flexibility index (Phi) is 5.17. The first-order chi connectivity index (χ1) is 14.7. The molecule has 1 atom stereocenters. The van der Waals surface area contributed by atoms with E-state index in [0.717, 1.165) is 60.0 Å². The molecule has 0 fully saturated rings. The van der Waals surface area contributed by atoms with Gasteiger partial charge in [-0.25, -0.2) is 0 Å². The molecule has 30 heavy (non-hydrogen) atoms. The van der Waals surface area contributed by atoms with Crippen LogP contribution in [0, 0.1) is 5.92 Å². The van der Waals surface area contributed by atoms with E-state index in [2.05, 4.69) is 20.1 Å². The Morgan fingerprint density at radius 1 is 1.13 bits per heavy atom. The summed E-state index contributed by atoms with van der Waals surface area (Å²) in [5.74, 6) is 2.40. The van der Waals surface area contributed by atoms with Crippen LogP contribution in [-0.2, 0) is 24.2 Å². The van der Waals surface area contributed by atoms with Gasteiger partial charge in [-0.05, 0) is 55.2 Å². The zero-order valence-electron chi connectivity index (χ0n) is 16.6. The summed E-state index contributed by atoms with van der Waals surface area (Å²) in [6.07, 6.45) is 5.10. The van der Waals surface area contributed by atoms with Gasteiger partial charge in [-0.2, -0.15) is 0 Å². The van der Waals surface area contributed by atoms with Crippen molar-refractivity contribution in [3.05, 3.63) is 58.9 Å². The SMILES string of the molecule is O=C(Nc1cccc(-c2nnc3n2CCCCC3)c1)[C@@H]1COc2ccc(Cl)cc2C1. The number of rotatable bonds is 3. The van der Waals surface area contributed by atoms with Crippen LogP contribution in [0.5, 0.6) is 5.75 Å². The fourth-order valence-corrected chi connectivity index (χ4v) is 4.41. The highest BCUT2D eigenvalue weighted by Gasteiger charge is 2.26. The number of anilines is 1. The number of carbonyl (C=O) groups excluding carboxylic acids is 1. The first-order valence-corrected chi connectivity index (χ1v) is 10.8. The van der Waals surface area contributed by atoms with Gasteiger partial charge in [-0.15, -0.1) is 10.2 Å². The van der Waals surface area contributed by atoms with Crippen LogP contribution in [0.25, 0.3) is 11.4 Å². The first kappa shape index (κ1) is 19.1. The fourth-order valence-electron chi connectivity index (χ4n) is 4.21. The monoisotopic (exact) mass is 422 g/mol. The molecule has 0 spiro atoms. The van der Waals surface area contributed by atoms with E-state index >= 15 is 0 Å². The molecule has 1 N–H and O–H groups in total. The maximum absolute atomic E-state index is 12.9. The van der Waals surface area contributed by atoms with E-state index in [4.69, 9.17) is 16.3 Å². The maximum atomic E-state index is 12.9. The van der Waals surface area contributed by atoms with E-state index in [1.54, 1.807) is 6.07 Å². The molecule has 0 unspecified atom stereocenters. The van der Waals surface area contributed by atoms with Gasteiger partial charge in [0.05, 0.1) is 5.92 Å². The number of fused-ring (bicyclic) bond motifs is 2. The predicted octanol–water partition coefficient (Wildman–Crippen LogP) is 4.51.